The predicted octanol–water partition coefficient (Wildman–Crippen LogP) is 3.42. The highest BCUT2D eigenvalue weighted by atomic mass is 19.1. The van der Waals surface area contributed by atoms with Crippen molar-refractivity contribution in [2.75, 3.05) is 19.7 Å². The highest BCUT2D eigenvalue weighted by Gasteiger charge is 2.27. The Balaban J connectivity index is 1.41. The van der Waals surface area contributed by atoms with Gasteiger partial charge in [0, 0.05) is 30.6 Å². The predicted molar refractivity (Wildman–Crippen MR) is 99.4 cm³/mol. The van der Waals surface area contributed by atoms with E-state index in [1.807, 2.05) is 18.2 Å². The van der Waals surface area contributed by atoms with Crippen LogP contribution in [-0.4, -0.2) is 36.3 Å². The van der Waals surface area contributed by atoms with Crippen molar-refractivity contribution >= 4 is 11.7 Å². The number of ketones is 1. The van der Waals surface area contributed by atoms with E-state index in [1.54, 1.807) is 11.0 Å². The Morgan fingerprint density at radius 1 is 1.15 bits per heavy atom. The number of fused-ring (bicyclic) bond motifs is 1. The third-order valence-corrected chi connectivity index (χ3v) is 5.40. The second-order valence-electron chi connectivity index (χ2n) is 7.38. The van der Waals surface area contributed by atoms with Crippen LogP contribution in [0.5, 0.6) is 5.75 Å². The molecule has 0 bridgehead atoms. The molecule has 27 heavy (non-hydrogen) atoms. The van der Waals surface area contributed by atoms with Crippen LogP contribution in [0.3, 0.4) is 0 Å². The van der Waals surface area contributed by atoms with Crippen molar-refractivity contribution in [3.05, 3.63) is 65.0 Å². The summed E-state index contributed by atoms with van der Waals surface area (Å²) in [6.45, 7) is 1.24. The molecule has 2 aromatic rings. The Hall–Kier alpha value is -2.69. The molecule has 0 radical (unpaired) electrons. The molecule has 0 unspecified atom stereocenters. The van der Waals surface area contributed by atoms with Gasteiger partial charge in [-0.3, -0.25) is 9.59 Å². The van der Waals surface area contributed by atoms with Crippen molar-refractivity contribution in [2.24, 2.45) is 5.92 Å². The molecule has 0 N–H and O–H groups in total. The van der Waals surface area contributed by atoms with Gasteiger partial charge in [0.05, 0.1) is 0 Å². The molecule has 4 rings (SSSR count). The molecule has 0 aromatic heterocycles. The number of Topliss-reactive ketones (excluding diaryl/α,β-unsaturated/α-hetero) is 1. The van der Waals surface area contributed by atoms with Gasteiger partial charge in [0.25, 0.3) is 5.91 Å². The van der Waals surface area contributed by atoms with E-state index in [1.165, 1.54) is 11.6 Å². The molecule has 1 fully saturated rings. The molecule has 4 nitrogen and oxygen atoms in total. The molecule has 5 heteroatoms. The average Bonchev–Trinajstić information content (AvgIpc) is 2.68. The van der Waals surface area contributed by atoms with Crippen LogP contribution in [0.2, 0.25) is 0 Å². The number of piperidine rings is 1. The van der Waals surface area contributed by atoms with Gasteiger partial charge in [-0.05, 0) is 42.9 Å². The lowest BCUT2D eigenvalue weighted by Crippen LogP contribution is -2.39. The molecular formula is C22H22FNO3. The summed E-state index contributed by atoms with van der Waals surface area (Å²) in [6.07, 6.45) is 3.02. The second-order valence-corrected chi connectivity index (χ2v) is 7.38. The van der Waals surface area contributed by atoms with E-state index in [0.29, 0.717) is 30.1 Å². The van der Waals surface area contributed by atoms with E-state index >= 15 is 0 Å². The van der Waals surface area contributed by atoms with E-state index < -0.39 is 5.82 Å². The quantitative estimate of drug-likeness (QED) is 0.835. The molecule has 2 aliphatic rings. The summed E-state index contributed by atoms with van der Waals surface area (Å²) in [5, 5.41) is 0. The maximum atomic E-state index is 14.3. The van der Waals surface area contributed by atoms with E-state index in [2.05, 4.69) is 12.1 Å². The highest BCUT2D eigenvalue weighted by Crippen LogP contribution is 2.30. The molecule has 140 valence electrons. The lowest BCUT2D eigenvalue weighted by atomic mass is 9.90. The van der Waals surface area contributed by atoms with E-state index in [0.717, 1.165) is 19.3 Å². The maximum absolute atomic E-state index is 14.3. The number of carbonyl (C=O) groups excluding carboxylic acids is 2. The molecule has 0 spiro atoms. The lowest BCUT2D eigenvalue weighted by molar-refractivity contribution is -0.121. The highest BCUT2D eigenvalue weighted by molar-refractivity contribution is 5.95. The van der Waals surface area contributed by atoms with Gasteiger partial charge in [-0.2, -0.15) is 0 Å². The van der Waals surface area contributed by atoms with Gasteiger partial charge >= 0.3 is 0 Å². The summed E-state index contributed by atoms with van der Waals surface area (Å²) >= 11 is 0. The minimum absolute atomic E-state index is 0.103. The SMILES string of the molecule is O=C1COc2c(F)cc(C(=O)N3CCC(Cc4ccccc4)CC3)cc2C1. The number of rotatable bonds is 3. The Kier molecular flexibility index (Phi) is 4.92. The molecule has 2 aliphatic heterocycles. The Morgan fingerprint density at radius 2 is 1.89 bits per heavy atom. The van der Waals surface area contributed by atoms with Crippen molar-refractivity contribution in [3.63, 3.8) is 0 Å². The van der Waals surface area contributed by atoms with Crippen LogP contribution in [0.4, 0.5) is 4.39 Å². The van der Waals surface area contributed by atoms with Crippen molar-refractivity contribution < 1.29 is 18.7 Å². The molecule has 2 aromatic carbocycles. The number of hydrogen-bond acceptors (Lipinski definition) is 3. The van der Waals surface area contributed by atoms with Crippen LogP contribution in [0.1, 0.15) is 34.3 Å². The van der Waals surface area contributed by atoms with Crippen LogP contribution in [-0.2, 0) is 17.6 Å². The van der Waals surface area contributed by atoms with Gasteiger partial charge < -0.3 is 9.64 Å². The average molecular weight is 367 g/mol. The molecule has 2 heterocycles. The fourth-order valence-electron chi connectivity index (χ4n) is 3.95. The number of hydrogen-bond donors (Lipinski definition) is 0. The number of likely N-dealkylation sites (tertiary alicyclic amines) is 1. The summed E-state index contributed by atoms with van der Waals surface area (Å²) in [7, 11) is 0. The van der Waals surface area contributed by atoms with Gasteiger partial charge in [-0.1, -0.05) is 30.3 Å². The molecule has 0 aliphatic carbocycles. The van der Waals surface area contributed by atoms with Crippen molar-refractivity contribution in [1.29, 1.82) is 0 Å². The zero-order chi connectivity index (χ0) is 18.8. The summed E-state index contributed by atoms with van der Waals surface area (Å²) in [5.74, 6) is -0.182. The first-order valence-electron chi connectivity index (χ1n) is 9.40. The minimum Gasteiger partial charge on any atom is -0.482 e. The van der Waals surface area contributed by atoms with Crippen LogP contribution in [0.15, 0.2) is 42.5 Å². The first-order chi connectivity index (χ1) is 13.1. The number of benzene rings is 2. The van der Waals surface area contributed by atoms with Gasteiger partial charge in [0.2, 0.25) is 0 Å². The summed E-state index contributed by atoms with van der Waals surface area (Å²) in [6, 6.07) is 13.2. The summed E-state index contributed by atoms with van der Waals surface area (Å²) < 4.78 is 19.5. The smallest absolute Gasteiger partial charge is 0.253 e. The fraction of sp³-hybridized carbons (Fsp3) is 0.364. The first kappa shape index (κ1) is 17.7. The Labute approximate surface area is 157 Å². The van der Waals surface area contributed by atoms with Crippen LogP contribution in [0.25, 0.3) is 0 Å². The number of carbonyl (C=O) groups is 2. The molecule has 1 saturated heterocycles. The molecule has 1 amide bonds. The molecule has 0 atom stereocenters. The van der Waals surface area contributed by atoms with Crippen LogP contribution in [0, 0.1) is 11.7 Å². The third kappa shape index (κ3) is 3.87. The van der Waals surface area contributed by atoms with Crippen molar-refractivity contribution in [2.45, 2.75) is 25.7 Å². The number of amides is 1. The zero-order valence-electron chi connectivity index (χ0n) is 15.1. The summed E-state index contributed by atoms with van der Waals surface area (Å²) in [5.41, 5.74) is 2.09. The minimum atomic E-state index is -0.567. The standard InChI is InChI=1S/C22H22FNO3/c23-20-13-18(11-17-12-19(25)14-27-21(17)20)22(26)24-8-6-16(7-9-24)10-15-4-2-1-3-5-15/h1-5,11,13,16H,6-10,12,14H2. The normalized spacial score (nSPS) is 17.4. The third-order valence-electron chi connectivity index (χ3n) is 5.40. The van der Waals surface area contributed by atoms with Crippen molar-refractivity contribution in [3.8, 4) is 5.75 Å². The topological polar surface area (TPSA) is 46.6 Å². The maximum Gasteiger partial charge on any atom is 0.253 e. The van der Waals surface area contributed by atoms with Crippen molar-refractivity contribution in [1.82, 2.24) is 4.90 Å². The molecular weight excluding hydrogens is 345 g/mol. The van der Waals surface area contributed by atoms with E-state index in [9.17, 15) is 14.0 Å². The van der Waals surface area contributed by atoms with Gasteiger partial charge in [-0.15, -0.1) is 0 Å². The number of ether oxygens (including phenoxy) is 1. The Bertz CT molecular complexity index is 857. The number of halogens is 1. The zero-order valence-corrected chi connectivity index (χ0v) is 15.1. The summed E-state index contributed by atoms with van der Waals surface area (Å²) in [4.78, 5) is 26.2. The number of nitrogens with zero attached hydrogens (tertiary/aromatic N) is 1. The fourth-order valence-corrected chi connectivity index (χ4v) is 3.95. The van der Waals surface area contributed by atoms with Gasteiger partial charge in [0.15, 0.2) is 17.3 Å². The lowest BCUT2D eigenvalue weighted by Gasteiger charge is -2.32. The van der Waals surface area contributed by atoms with Crippen LogP contribution < -0.4 is 4.74 Å². The van der Waals surface area contributed by atoms with E-state index in [4.69, 9.17) is 4.74 Å². The first-order valence-corrected chi connectivity index (χ1v) is 9.40. The van der Waals surface area contributed by atoms with Crippen LogP contribution >= 0.6 is 0 Å². The van der Waals surface area contributed by atoms with Gasteiger partial charge in [0.1, 0.15) is 6.61 Å². The Morgan fingerprint density at radius 3 is 2.63 bits per heavy atom. The molecule has 0 saturated carbocycles. The second kappa shape index (κ2) is 7.51. The van der Waals surface area contributed by atoms with Gasteiger partial charge in [-0.25, -0.2) is 4.39 Å². The monoisotopic (exact) mass is 367 g/mol. The van der Waals surface area contributed by atoms with E-state index in [-0.39, 0.29) is 30.5 Å². The largest absolute Gasteiger partial charge is 0.482 e.